The second-order valence-electron chi connectivity index (χ2n) is 7.57. The van der Waals surface area contributed by atoms with Gasteiger partial charge in [-0.2, -0.15) is 5.10 Å². The second kappa shape index (κ2) is 7.62. The summed E-state index contributed by atoms with van der Waals surface area (Å²) >= 11 is 0. The van der Waals surface area contributed by atoms with Crippen LogP contribution in [0.25, 0.3) is 5.82 Å². The third-order valence-corrected chi connectivity index (χ3v) is 5.83. The molecule has 148 valence electrons. The number of aromatic nitrogens is 5. The number of amides is 1. The van der Waals surface area contributed by atoms with E-state index in [2.05, 4.69) is 43.4 Å². The van der Waals surface area contributed by atoms with Gasteiger partial charge in [0.15, 0.2) is 11.6 Å². The minimum absolute atomic E-state index is 0.0692. The number of rotatable bonds is 3. The summed E-state index contributed by atoms with van der Waals surface area (Å²) in [7, 11) is 0. The Morgan fingerprint density at radius 2 is 1.76 bits per heavy atom. The smallest absolute Gasteiger partial charge is 0.230 e. The lowest BCUT2D eigenvalue weighted by Crippen LogP contribution is -2.44. The van der Waals surface area contributed by atoms with E-state index >= 15 is 0 Å². The summed E-state index contributed by atoms with van der Waals surface area (Å²) in [5.74, 6) is 1.81. The van der Waals surface area contributed by atoms with E-state index in [-0.39, 0.29) is 11.8 Å². The Labute approximate surface area is 169 Å². The third-order valence-electron chi connectivity index (χ3n) is 5.83. The molecule has 1 amide bonds. The number of nitrogens with zero attached hydrogens (tertiary/aromatic N) is 7. The molecule has 4 heterocycles. The summed E-state index contributed by atoms with van der Waals surface area (Å²) in [5.41, 5.74) is 2.38. The number of benzene rings is 1. The molecule has 0 N–H and O–H groups in total. The maximum absolute atomic E-state index is 13.2. The zero-order chi connectivity index (χ0) is 19.6. The number of aryl methyl sites for hydroxylation is 1. The first-order valence-corrected chi connectivity index (χ1v) is 10.1. The van der Waals surface area contributed by atoms with E-state index in [0.717, 1.165) is 56.8 Å². The van der Waals surface area contributed by atoms with Gasteiger partial charge in [-0.1, -0.05) is 18.2 Å². The van der Waals surface area contributed by atoms with Crippen molar-refractivity contribution >= 4 is 17.4 Å². The Hall–Kier alpha value is -3.29. The molecule has 8 heteroatoms. The molecule has 1 saturated heterocycles. The maximum atomic E-state index is 13.2. The van der Waals surface area contributed by atoms with E-state index in [1.165, 1.54) is 11.9 Å². The average molecular weight is 389 g/mol. The second-order valence-corrected chi connectivity index (χ2v) is 7.57. The monoisotopic (exact) mass is 389 g/mol. The Bertz CT molecular complexity index is 979. The van der Waals surface area contributed by atoms with Crippen LogP contribution in [-0.2, 0) is 11.2 Å². The molecule has 8 nitrogen and oxygen atoms in total. The van der Waals surface area contributed by atoms with E-state index in [9.17, 15) is 4.79 Å². The van der Waals surface area contributed by atoms with Crippen molar-refractivity contribution in [2.24, 2.45) is 5.92 Å². The molecule has 0 aliphatic carbocycles. The average Bonchev–Trinajstić information content (AvgIpc) is 3.33. The Morgan fingerprint density at radius 3 is 2.52 bits per heavy atom. The molecular weight excluding hydrogens is 366 g/mol. The van der Waals surface area contributed by atoms with Gasteiger partial charge in [-0.25, -0.2) is 9.67 Å². The minimum atomic E-state index is 0.0692. The Morgan fingerprint density at radius 1 is 0.966 bits per heavy atom. The molecule has 0 unspecified atom stereocenters. The standard InChI is InChI=1S/C21H23N7O/c29-21(27-11-3-5-16-4-1-2-6-18(16)27)17-9-12-26(13-10-17)19-7-8-20(25-24-19)28-15-22-14-23-28/h1-2,4,6-8,14-15,17H,3,5,9-13H2. The lowest BCUT2D eigenvalue weighted by molar-refractivity contribution is -0.123. The van der Waals surface area contributed by atoms with Gasteiger partial charge in [-0.05, 0) is 49.4 Å². The van der Waals surface area contributed by atoms with Gasteiger partial charge < -0.3 is 9.80 Å². The van der Waals surface area contributed by atoms with Crippen LogP contribution >= 0.6 is 0 Å². The number of para-hydroxylation sites is 1. The number of fused-ring (bicyclic) bond motifs is 1. The predicted molar refractivity (Wildman–Crippen MR) is 109 cm³/mol. The van der Waals surface area contributed by atoms with Crippen molar-refractivity contribution in [3.05, 3.63) is 54.6 Å². The first-order chi connectivity index (χ1) is 14.3. The number of hydrogen-bond acceptors (Lipinski definition) is 6. The zero-order valence-corrected chi connectivity index (χ0v) is 16.2. The number of anilines is 2. The number of carbonyl (C=O) groups excluding carboxylic acids is 1. The molecular formula is C21H23N7O. The summed E-state index contributed by atoms with van der Waals surface area (Å²) < 4.78 is 1.58. The van der Waals surface area contributed by atoms with E-state index in [0.29, 0.717) is 5.82 Å². The van der Waals surface area contributed by atoms with Crippen LogP contribution in [0.15, 0.2) is 49.1 Å². The number of hydrogen-bond donors (Lipinski definition) is 0. The topological polar surface area (TPSA) is 80.0 Å². The SMILES string of the molecule is O=C(C1CCN(c2ccc(-n3cncn3)nn2)CC1)N1CCCc2ccccc21. The summed E-state index contributed by atoms with van der Waals surface area (Å²) in [6.45, 7) is 2.44. The van der Waals surface area contributed by atoms with Gasteiger partial charge in [-0.15, -0.1) is 10.2 Å². The fourth-order valence-corrected chi connectivity index (χ4v) is 4.27. The highest BCUT2D eigenvalue weighted by Crippen LogP contribution is 2.31. The molecule has 3 aromatic rings. The molecule has 5 rings (SSSR count). The van der Waals surface area contributed by atoms with Crippen LogP contribution in [-0.4, -0.2) is 50.5 Å². The number of carbonyl (C=O) groups is 1. The van der Waals surface area contributed by atoms with Crippen molar-refractivity contribution in [1.82, 2.24) is 25.0 Å². The van der Waals surface area contributed by atoms with Crippen molar-refractivity contribution in [1.29, 1.82) is 0 Å². The van der Waals surface area contributed by atoms with Crippen LogP contribution in [0.5, 0.6) is 0 Å². The lowest BCUT2D eigenvalue weighted by Gasteiger charge is -2.36. The quantitative estimate of drug-likeness (QED) is 0.684. The highest BCUT2D eigenvalue weighted by Gasteiger charge is 2.31. The molecule has 2 aliphatic rings. The molecule has 0 spiro atoms. The van der Waals surface area contributed by atoms with Crippen molar-refractivity contribution in [3.8, 4) is 5.82 Å². The highest BCUT2D eigenvalue weighted by atomic mass is 16.2. The molecule has 2 aliphatic heterocycles. The van der Waals surface area contributed by atoms with Gasteiger partial charge in [0.25, 0.3) is 0 Å². The first-order valence-electron chi connectivity index (χ1n) is 10.1. The minimum Gasteiger partial charge on any atom is -0.355 e. The lowest BCUT2D eigenvalue weighted by atomic mass is 9.93. The normalized spacial score (nSPS) is 17.2. The first kappa shape index (κ1) is 17.8. The summed E-state index contributed by atoms with van der Waals surface area (Å²) in [6, 6.07) is 12.1. The van der Waals surface area contributed by atoms with Gasteiger partial charge in [0.05, 0.1) is 0 Å². The molecule has 29 heavy (non-hydrogen) atoms. The van der Waals surface area contributed by atoms with Crippen LogP contribution in [0.4, 0.5) is 11.5 Å². The van der Waals surface area contributed by atoms with Gasteiger partial charge in [-0.3, -0.25) is 4.79 Å². The van der Waals surface area contributed by atoms with Gasteiger partial charge in [0, 0.05) is 31.2 Å². The van der Waals surface area contributed by atoms with Crippen molar-refractivity contribution in [3.63, 3.8) is 0 Å². The summed E-state index contributed by atoms with van der Waals surface area (Å²) in [6.07, 6.45) is 6.84. The van der Waals surface area contributed by atoms with E-state index < -0.39 is 0 Å². The Kier molecular flexibility index (Phi) is 4.67. The Balaban J connectivity index is 1.23. The summed E-state index contributed by atoms with van der Waals surface area (Å²) in [4.78, 5) is 21.3. The molecule has 1 fully saturated rings. The molecule has 0 atom stereocenters. The molecule has 1 aromatic carbocycles. The van der Waals surface area contributed by atoms with Gasteiger partial charge in [0.2, 0.25) is 5.91 Å². The number of piperidine rings is 1. The summed E-state index contributed by atoms with van der Waals surface area (Å²) in [5, 5.41) is 12.6. The molecule has 2 aromatic heterocycles. The van der Waals surface area contributed by atoms with Crippen molar-refractivity contribution < 1.29 is 4.79 Å². The zero-order valence-electron chi connectivity index (χ0n) is 16.2. The fourth-order valence-electron chi connectivity index (χ4n) is 4.27. The van der Waals surface area contributed by atoms with Crippen molar-refractivity contribution in [2.75, 3.05) is 29.4 Å². The van der Waals surface area contributed by atoms with Crippen LogP contribution in [0, 0.1) is 5.92 Å². The van der Waals surface area contributed by atoms with Crippen molar-refractivity contribution in [2.45, 2.75) is 25.7 Å². The fraction of sp³-hybridized carbons (Fsp3) is 0.381. The van der Waals surface area contributed by atoms with Crippen LogP contribution < -0.4 is 9.80 Å². The van der Waals surface area contributed by atoms with Crippen LogP contribution in [0.1, 0.15) is 24.8 Å². The highest BCUT2D eigenvalue weighted by molar-refractivity contribution is 5.96. The van der Waals surface area contributed by atoms with E-state index in [1.807, 2.05) is 23.1 Å². The molecule has 0 bridgehead atoms. The maximum Gasteiger partial charge on any atom is 0.230 e. The molecule has 0 radical (unpaired) electrons. The molecule has 0 saturated carbocycles. The van der Waals surface area contributed by atoms with Gasteiger partial charge in [0.1, 0.15) is 12.7 Å². The van der Waals surface area contributed by atoms with E-state index in [4.69, 9.17) is 0 Å². The largest absolute Gasteiger partial charge is 0.355 e. The van der Waals surface area contributed by atoms with Crippen LogP contribution in [0.2, 0.25) is 0 Å². The van der Waals surface area contributed by atoms with Gasteiger partial charge >= 0.3 is 0 Å². The predicted octanol–water partition coefficient (Wildman–Crippen LogP) is 2.25. The third kappa shape index (κ3) is 3.46. The van der Waals surface area contributed by atoms with E-state index in [1.54, 1.807) is 11.0 Å². The van der Waals surface area contributed by atoms with Crippen LogP contribution in [0.3, 0.4) is 0 Å².